The Morgan fingerprint density at radius 1 is 1.53 bits per heavy atom. The summed E-state index contributed by atoms with van der Waals surface area (Å²) in [6, 6.07) is 5.87. The lowest BCUT2D eigenvalue weighted by molar-refractivity contribution is 0.810. The molecule has 1 aromatic heterocycles. The Balaban J connectivity index is 2.91. The SMILES string of the molecule is CCN(CCC#N)c1nc(C)ccc1N. The largest absolute Gasteiger partial charge is 0.396 e. The second kappa shape index (κ2) is 5.20. The number of hydrogen-bond donors (Lipinski definition) is 1. The van der Waals surface area contributed by atoms with Gasteiger partial charge in [0.05, 0.1) is 18.2 Å². The van der Waals surface area contributed by atoms with E-state index in [-0.39, 0.29) is 0 Å². The van der Waals surface area contributed by atoms with Gasteiger partial charge in [0.2, 0.25) is 0 Å². The van der Waals surface area contributed by atoms with Gasteiger partial charge < -0.3 is 10.6 Å². The zero-order chi connectivity index (χ0) is 11.3. The number of pyridine rings is 1. The van der Waals surface area contributed by atoms with Crippen molar-refractivity contribution in [3.05, 3.63) is 17.8 Å². The first-order valence-corrected chi connectivity index (χ1v) is 5.04. The molecule has 0 atom stereocenters. The first-order valence-electron chi connectivity index (χ1n) is 5.04. The standard InChI is InChI=1S/C11H16N4/c1-3-15(8-4-7-12)11-10(13)6-5-9(2)14-11/h5-6H,3-4,8,13H2,1-2H3. The minimum Gasteiger partial charge on any atom is -0.396 e. The third-order valence-corrected chi connectivity index (χ3v) is 2.22. The van der Waals surface area contributed by atoms with E-state index in [9.17, 15) is 0 Å². The van der Waals surface area contributed by atoms with Crippen molar-refractivity contribution >= 4 is 11.5 Å². The van der Waals surface area contributed by atoms with Crippen LogP contribution >= 0.6 is 0 Å². The molecule has 0 fully saturated rings. The normalized spacial score (nSPS) is 9.67. The number of hydrogen-bond acceptors (Lipinski definition) is 4. The van der Waals surface area contributed by atoms with Crippen LogP contribution in [0.1, 0.15) is 19.0 Å². The fraction of sp³-hybridized carbons (Fsp3) is 0.455. The highest BCUT2D eigenvalue weighted by Crippen LogP contribution is 2.20. The second-order valence-corrected chi connectivity index (χ2v) is 3.35. The van der Waals surface area contributed by atoms with Crippen LogP contribution in [-0.2, 0) is 0 Å². The van der Waals surface area contributed by atoms with E-state index in [0.717, 1.165) is 18.1 Å². The van der Waals surface area contributed by atoms with E-state index >= 15 is 0 Å². The van der Waals surface area contributed by atoms with Crippen molar-refractivity contribution in [1.29, 1.82) is 5.26 Å². The third kappa shape index (κ3) is 2.84. The Hall–Kier alpha value is -1.76. The third-order valence-electron chi connectivity index (χ3n) is 2.22. The molecule has 0 radical (unpaired) electrons. The number of nitrogens with two attached hydrogens (primary N) is 1. The second-order valence-electron chi connectivity index (χ2n) is 3.35. The highest BCUT2D eigenvalue weighted by atomic mass is 15.2. The molecule has 0 saturated carbocycles. The summed E-state index contributed by atoms with van der Waals surface area (Å²) < 4.78 is 0. The van der Waals surface area contributed by atoms with Crippen LogP contribution in [0.5, 0.6) is 0 Å². The number of nitrogens with zero attached hydrogens (tertiary/aromatic N) is 3. The van der Waals surface area contributed by atoms with Crippen LogP contribution in [-0.4, -0.2) is 18.1 Å². The van der Waals surface area contributed by atoms with Gasteiger partial charge in [-0.2, -0.15) is 5.26 Å². The van der Waals surface area contributed by atoms with Gasteiger partial charge in [0.15, 0.2) is 5.82 Å². The molecule has 80 valence electrons. The van der Waals surface area contributed by atoms with Crippen LogP contribution in [0.4, 0.5) is 11.5 Å². The molecule has 0 saturated heterocycles. The van der Waals surface area contributed by atoms with E-state index < -0.39 is 0 Å². The first kappa shape index (κ1) is 11.3. The van der Waals surface area contributed by atoms with Crippen molar-refractivity contribution in [1.82, 2.24) is 4.98 Å². The maximum absolute atomic E-state index is 8.55. The van der Waals surface area contributed by atoms with Crippen molar-refractivity contribution in [2.45, 2.75) is 20.3 Å². The lowest BCUT2D eigenvalue weighted by Crippen LogP contribution is -2.25. The van der Waals surface area contributed by atoms with Crippen molar-refractivity contribution in [2.24, 2.45) is 0 Å². The number of anilines is 2. The lowest BCUT2D eigenvalue weighted by atomic mass is 10.3. The van der Waals surface area contributed by atoms with Gasteiger partial charge in [-0.25, -0.2) is 4.98 Å². The number of aromatic nitrogens is 1. The van der Waals surface area contributed by atoms with Crippen molar-refractivity contribution in [2.75, 3.05) is 23.7 Å². The Kier molecular flexibility index (Phi) is 3.92. The molecule has 2 N–H and O–H groups in total. The summed E-state index contributed by atoms with van der Waals surface area (Å²) >= 11 is 0. The summed E-state index contributed by atoms with van der Waals surface area (Å²) in [7, 11) is 0. The summed E-state index contributed by atoms with van der Waals surface area (Å²) in [6.45, 7) is 5.44. The number of rotatable bonds is 4. The fourth-order valence-electron chi connectivity index (χ4n) is 1.41. The molecule has 0 aromatic carbocycles. The summed E-state index contributed by atoms with van der Waals surface area (Å²) in [4.78, 5) is 6.41. The average Bonchev–Trinajstić information content (AvgIpc) is 2.24. The first-order chi connectivity index (χ1) is 7.19. The predicted octanol–water partition coefficient (Wildman–Crippen LogP) is 1.71. The van der Waals surface area contributed by atoms with E-state index in [1.54, 1.807) is 0 Å². The van der Waals surface area contributed by atoms with Gasteiger partial charge in [-0.1, -0.05) is 0 Å². The Morgan fingerprint density at radius 2 is 2.27 bits per heavy atom. The Labute approximate surface area is 90.3 Å². The maximum Gasteiger partial charge on any atom is 0.152 e. The van der Waals surface area contributed by atoms with E-state index in [1.807, 2.05) is 30.9 Å². The van der Waals surface area contributed by atoms with Crippen molar-refractivity contribution in [3.8, 4) is 6.07 Å². The van der Waals surface area contributed by atoms with Crippen LogP contribution in [0.15, 0.2) is 12.1 Å². The molecule has 0 aliphatic carbocycles. The van der Waals surface area contributed by atoms with Crippen molar-refractivity contribution < 1.29 is 0 Å². The zero-order valence-corrected chi connectivity index (χ0v) is 9.20. The molecule has 1 heterocycles. The van der Waals surface area contributed by atoms with E-state index in [0.29, 0.717) is 18.7 Å². The van der Waals surface area contributed by atoms with Crippen LogP contribution in [0.2, 0.25) is 0 Å². The number of nitrogen functional groups attached to an aromatic ring is 1. The lowest BCUT2D eigenvalue weighted by Gasteiger charge is -2.22. The number of nitriles is 1. The maximum atomic E-state index is 8.55. The highest BCUT2D eigenvalue weighted by molar-refractivity contribution is 5.62. The smallest absolute Gasteiger partial charge is 0.152 e. The summed E-state index contributed by atoms with van der Waals surface area (Å²) in [6.07, 6.45) is 0.489. The van der Waals surface area contributed by atoms with Gasteiger partial charge in [-0.3, -0.25) is 0 Å². The summed E-state index contributed by atoms with van der Waals surface area (Å²) in [5, 5.41) is 8.55. The minimum atomic E-state index is 0.489. The molecular formula is C11H16N4. The van der Waals surface area contributed by atoms with Gasteiger partial charge in [0, 0.05) is 18.8 Å². The van der Waals surface area contributed by atoms with Crippen molar-refractivity contribution in [3.63, 3.8) is 0 Å². The van der Waals surface area contributed by atoms with Crippen LogP contribution in [0, 0.1) is 18.3 Å². The highest BCUT2D eigenvalue weighted by Gasteiger charge is 2.09. The van der Waals surface area contributed by atoms with Gasteiger partial charge >= 0.3 is 0 Å². The predicted molar refractivity (Wildman–Crippen MR) is 61.5 cm³/mol. The topological polar surface area (TPSA) is 65.9 Å². The molecule has 1 aromatic rings. The van der Waals surface area contributed by atoms with E-state index in [4.69, 9.17) is 11.0 Å². The summed E-state index contributed by atoms with van der Waals surface area (Å²) in [5.74, 6) is 0.785. The molecule has 0 bridgehead atoms. The summed E-state index contributed by atoms with van der Waals surface area (Å²) in [5.41, 5.74) is 7.46. The van der Waals surface area contributed by atoms with Gasteiger partial charge in [0.1, 0.15) is 0 Å². The molecule has 0 aliphatic rings. The van der Waals surface area contributed by atoms with Crippen LogP contribution < -0.4 is 10.6 Å². The molecular weight excluding hydrogens is 188 g/mol. The molecule has 0 aliphatic heterocycles. The van der Waals surface area contributed by atoms with Gasteiger partial charge in [-0.05, 0) is 26.0 Å². The van der Waals surface area contributed by atoms with Gasteiger partial charge in [0.25, 0.3) is 0 Å². The van der Waals surface area contributed by atoms with Gasteiger partial charge in [-0.15, -0.1) is 0 Å². The zero-order valence-electron chi connectivity index (χ0n) is 9.20. The average molecular weight is 204 g/mol. The van der Waals surface area contributed by atoms with Crippen LogP contribution in [0.3, 0.4) is 0 Å². The fourth-order valence-corrected chi connectivity index (χ4v) is 1.41. The van der Waals surface area contributed by atoms with Crippen LogP contribution in [0.25, 0.3) is 0 Å². The molecule has 4 heteroatoms. The Bertz CT molecular complexity index is 367. The van der Waals surface area contributed by atoms with E-state index in [1.165, 1.54) is 0 Å². The van der Waals surface area contributed by atoms with E-state index in [2.05, 4.69) is 11.1 Å². The number of aryl methyl sites for hydroxylation is 1. The molecule has 0 spiro atoms. The molecule has 15 heavy (non-hydrogen) atoms. The molecule has 1 rings (SSSR count). The monoisotopic (exact) mass is 204 g/mol. The Morgan fingerprint density at radius 3 is 2.87 bits per heavy atom. The molecule has 4 nitrogen and oxygen atoms in total. The quantitative estimate of drug-likeness (QED) is 0.810. The molecule has 0 amide bonds. The molecule has 0 unspecified atom stereocenters. The minimum absolute atomic E-state index is 0.489.